The van der Waals surface area contributed by atoms with E-state index in [1.807, 2.05) is 6.08 Å². The highest BCUT2D eigenvalue weighted by Crippen LogP contribution is 2.56. The Morgan fingerprint density at radius 3 is 2.92 bits per heavy atom. The second-order valence-corrected chi connectivity index (χ2v) is 4.52. The van der Waals surface area contributed by atoms with Crippen LogP contribution in [0, 0.1) is 17.8 Å². The van der Waals surface area contributed by atoms with Crippen molar-refractivity contribution in [1.82, 2.24) is 0 Å². The molecular formula is C11H18O. The second kappa shape index (κ2) is 2.59. The lowest BCUT2D eigenvalue weighted by Crippen LogP contribution is -2.55. The molecule has 2 aliphatic rings. The van der Waals surface area contributed by atoms with E-state index in [9.17, 15) is 5.11 Å². The van der Waals surface area contributed by atoms with Crippen molar-refractivity contribution in [3.05, 3.63) is 12.7 Å². The van der Waals surface area contributed by atoms with E-state index in [2.05, 4.69) is 13.5 Å². The summed E-state index contributed by atoms with van der Waals surface area (Å²) in [6, 6.07) is 0. The summed E-state index contributed by atoms with van der Waals surface area (Å²) in [5, 5.41) is 10.3. The van der Waals surface area contributed by atoms with Crippen molar-refractivity contribution in [2.75, 3.05) is 0 Å². The molecule has 0 aromatic carbocycles. The zero-order chi connectivity index (χ0) is 8.77. The van der Waals surface area contributed by atoms with E-state index in [1.165, 1.54) is 19.3 Å². The van der Waals surface area contributed by atoms with Crippen LogP contribution < -0.4 is 0 Å². The summed E-state index contributed by atoms with van der Waals surface area (Å²) in [4.78, 5) is 0. The minimum absolute atomic E-state index is 0.275. The second-order valence-electron chi connectivity index (χ2n) is 4.52. The Bertz CT molecular complexity index is 199. The van der Waals surface area contributed by atoms with Gasteiger partial charge in [0.25, 0.3) is 0 Å². The fraction of sp³-hybridized carbons (Fsp3) is 0.818. The van der Waals surface area contributed by atoms with Gasteiger partial charge in [0, 0.05) is 5.92 Å². The first-order chi connectivity index (χ1) is 5.68. The van der Waals surface area contributed by atoms with Gasteiger partial charge in [0.2, 0.25) is 0 Å². The van der Waals surface area contributed by atoms with E-state index >= 15 is 0 Å². The molecule has 1 N–H and O–H groups in total. The van der Waals surface area contributed by atoms with Gasteiger partial charge < -0.3 is 5.11 Å². The Morgan fingerprint density at radius 1 is 1.58 bits per heavy atom. The maximum atomic E-state index is 10.3. The maximum Gasteiger partial charge on any atom is 0.0740 e. The maximum absolute atomic E-state index is 10.3. The molecule has 4 atom stereocenters. The van der Waals surface area contributed by atoms with Crippen molar-refractivity contribution in [2.45, 2.75) is 38.2 Å². The standard InChI is InChI=1S/C11H18O/c1-3-8(2)11(12)7-9-5-4-6-10(9)11/h3,8-10,12H,1,4-7H2,2H3. The Morgan fingerprint density at radius 2 is 2.33 bits per heavy atom. The van der Waals surface area contributed by atoms with Crippen molar-refractivity contribution in [2.24, 2.45) is 17.8 Å². The minimum Gasteiger partial charge on any atom is -0.389 e. The summed E-state index contributed by atoms with van der Waals surface area (Å²) >= 11 is 0. The molecule has 0 bridgehead atoms. The molecule has 2 rings (SSSR count). The molecule has 0 amide bonds. The number of hydrogen-bond donors (Lipinski definition) is 1. The molecule has 0 aromatic rings. The summed E-state index contributed by atoms with van der Waals surface area (Å²) < 4.78 is 0. The summed E-state index contributed by atoms with van der Waals surface area (Å²) in [7, 11) is 0. The van der Waals surface area contributed by atoms with Crippen molar-refractivity contribution in [1.29, 1.82) is 0 Å². The van der Waals surface area contributed by atoms with Crippen LogP contribution in [0.2, 0.25) is 0 Å². The molecule has 4 unspecified atom stereocenters. The van der Waals surface area contributed by atoms with Crippen molar-refractivity contribution >= 4 is 0 Å². The van der Waals surface area contributed by atoms with E-state index in [-0.39, 0.29) is 11.5 Å². The summed E-state index contributed by atoms with van der Waals surface area (Å²) in [6.07, 6.45) is 6.82. The van der Waals surface area contributed by atoms with Gasteiger partial charge in [-0.2, -0.15) is 0 Å². The molecule has 12 heavy (non-hydrogen) atoms. The molecule has 2 aliphatic carbocycles. The SMILES string of the molecule is C=CC(C)C1(O)CC2CCCC21. The molecule has 2 fully saturated rings. The third-order valence-corrected chi connectivity index (χ3v) is 4.03. The Labute approximate surface area is 74.5 Å². The third-order valence-electron chi connectivity index (χ3n) is 4.03. The Balaban J connectivity index is 2.09. The van der Waals surface area contributed by atoms with Crippen LogP contribution in [0.15, 0.2) is 12.7 Å². The zero-order valence-electron chi connectivity index (χ0n) is 7.79. The summed E-state index contributed by atoms with van der Waals surface area (Å²) in [6.45, 7) is 5.85. The quantitative estimate of drug-likeness (QED) is 0.624. The van der Waals surface area contributed by atoms with Gasteiger partial charge >= 0.3 is 0 Å². The minimum atomic E-state index is -0.386. The van der Waals surface area contributed by atoms with Gasteiger partial charge in [0.1, 0.15) is 0 Å². The lowest BCUT2D eigenvalue weighted by atomic mass is 9.58. The molecule has 2 saturated carbocycles. The van der Waals surface area contributed by atoms with Crippen molar-refractivity contribution < 1.29 is 5.11 Å². The molecule has 1 nitrogen and oxygen atoms in total. The summed E-state index contributed by atoms with van der Waals surface area (Å²) in [5.74, 6) is 1.69. The normalized spacial score (nSPS) is 47.8. The number of aliphatic hydroxyl groups is 1. The predicted molar refractivity (Wildman–Crippen MR) is 49.8 cm³/mol. The van der Waals surface area contributed by atoms with Crippen LogP contribution in [-0.4, -0.2) is 10.7 Å². The van der Waals surface area contributed by atoms with Crippen LogP contribution in [0.4, 0.5) is 0 Å². The monoisotopic (exact) mass is 166 g/mol. The number of fused-ring (bicyclic) bond motifs is 1. The third kappa shape index (κ3) is 0.891. The molecule has 0 spiro atoms. The predicted octanol–water partition coefficient (Wildman–Crippen LogP) is 2.36. The van der Waals surface area contributed by atoms with Crippen LogP contribution in [0.3, 0.4) is 0 Å². The van der Waals surface area contributed by atoms with Crippen molar-refractivity contribution in [3.63, 3.8) is 0 Å². The van der Waals surface area contributed by atoms with E-state index in [0.29, 0.717) is 5.92 Å². The smallest absolute Gasteiger partial charge is 0.0740 e. The molecule has 0 radical (unpaired) electrons. The Hall–Kier alpha value is -0.300. The molecular weight excluding hydrogens is 148 g/mol. The molecule has 1 heteroatoms. The fourth-order valence-corrected chi connectivity index (χ4v) is 3.08. The van der Waals surface area contributed by atoms with Gasteiger partial charge in [-0.25, -0.2) is 0 Å². The highest BCUT2D eigenvalue weighted by atomic mass is 16.3. The number of rotatable bonds is 2. The van der Waals surface area contributed by atoms with E-state index in [1.54, 1.807) is 0 Å². The lowest BCUT2D eigenvalue weighted by molar-refractivity contribution is -0.148. The van der Waals surface area contributed by atoms with E-state index < -0.39 is 0 Å². The molecule has 0 saturated heterocycles. The molecule has 0 heterocycles. The van der Waals surface area contributed by atoms with Crippen LogP contribution in [-0.2, 0) is 0 Å². The average molecular weight is 166 g/mol. The molecule has 0 aliphatic heterocycles. The average Bonchev–Trinajstić information content (AvgIpc) is 2.45. The topological polar surface area (TPSA) is 20.2 Å². The van der Waals surface area contributed by atoms with Gasteiger partial charge in [-0.15, -0.1) is 6.58 Å². The highest BCUT2D eigenvalue weighted by molar-refractivity contribution is 5.10. The van der Waals surface area contributed by atoms with E-state index in [4.69, 9.17) is 0 Å². The van der Waals surface area contributed by atoms with E-state index in [0.717, 1.165) is 12.3 Å². The fourth-order valence-electron chi connectivity index (χ4n) is 3.08. The first-order valence-corrected chi connectivity index (χ1v) is 5.03. The van der Waals surface area contributed by atoms with Gasteiger partial charge in [0.15, 0.2) is 0 Å². The largest absolute Gasteiger partial charge is 0.389 e. The molecule has 68 valence electrons. The van der Waals surface area contributed by atoms with Crippen LogP contribution >= 0.6 is 0 Å². The van der Waals surface area contributed by atoms with Crippen LogP contribution in [0.1, 0.15) is 32.6 Å². The Kier molecular flexibility index (Phi) is 1.80. The number of hydrogen-bond acceptors (Lipinski definition) is 1. The van der Waals surface area contributed by atoms with Gasteiger partial charge in [-0.1, -0.05) is 19.4 Å². The van der Waals surface area contributed by atoms with Crippen molar-refractivity contribution in [3.8, 4) is 0 Å². The van der Waals surface area contributed by atoms with Crippen LogP contribution in [0.5, 0.6) is 0 Å². The summed E-state index contributed by atoms with van der Waals surface area (Å²) in [5.41, 5.74) is -0.386. The highest BCUT2D eigenvalue weighted by Gasteiger charge is 2.56. The van der Waals surface area contributed by atoms with Gasteiger partial charge in [-0.3, -0.25) is 0 Å². The zero-order valence-corrected chi connectivity index (χ0v) is 7.79. The van der Waals surface area contributed by atoms with Gasteiger partial charge in [0.05, 0.1) is 5.60 Å². The first kappa shape index (κ1) is 8.31. The van der Waals surface area contributed by atoms with Crippen LogP contribution in [0.25, 0.3) is 0 Å². The molecule has 0 aromatic heterocycles. The van der Waals surface area contributed by atoms with Gasteiger partial charge in [-0.05, 0) is 31.1 Å². The first-order valence-electron chi connectivity index (χ1n) is 5.03. The lowest BCUT2D eigenvalue weighted by Gasteiger charge is -2.51.